The number of anilines is 1. The predicted molar refractivity (Wildman–Crippen MR) is 134 cm³/mol. The number of hydrogen-bond donors (Lipinski definition) is 1. The number of halogens is 1. The Morgan fingerprint density at radius 3 is 2.34 bits per heavy atom. The third-order valence-electron chi connectivity index (χ3n) is 5.68. The van der Waals surface area contributed by atoms with Crippen LogP contribution in [0.3, 0.4) is 0 Å². The summed E-state index contributed by atoms with van der Waals surface area (Å²) in [6.07, 6.45) is 1.12. The number of fused-ring (bicyclic) bond motifs is 1. The standard InChI is InChI=1S/C28H27ClN2O/c1-31(26-16-14-24(29)15-17-26)20-25(18-21-8-3-2-4-9-21)30-28(32)19-23-12-7-11-22-10-5-6-13-27(22)23/h2-17,25H,18-20H2,1H3,(H,30,32)/t25-/m0/s1. The Bertz CT molecular complexity index is 1170. The molecule has 0 heterocycles. The molecule has 3 nitrogen and oxygen atoms in total. The van der Waals surface area contributed by atoms with E-state index in [1.807, 2.05) is 73.8 Å². The molecule has 32 heavy (non-hydrogen) atoms. The molecule has 0 fully saturated rings. The molecular weight excluding hydrogens is 416 g/mol. The summed E-state index contributed by atoms with van der Waals surface area (Å²) >= 11 is 6.04. The molecule has 0 aliphatic carbocycles. The Hall–Kier alpha value is -3.30. The topological polar surface area (TPSA) is 32.3 Å². The molecule has 0 spiro atoms. The number of likely N-dealkylation sites (N-methyl/N-ethyl adjacent to an activating group) is 1. The number of nitrogens with zero attached hydrogens (tertiary/aromatic N) is 1. The maximum Gasteiger partial charge on any atom is 0.224 e. The average molecular weight is 443 g/mol. The molecule has 162 valence electrons. The predicted octanol–water partition coefficient (Wildman–Crippen LogP) is 5.90. The molecule has 1 amide bonds. The number of carbonyl (C=O) groups is 1. The molecule has 1 atom stereocenters. The molecular formula is C28H27ClN2O. The summed E-state index contributed by atoms with van der Waals surface area (Å²) in [7, 11) is 2.04. The van der Waals surface area contributed by atoms with Crippen LogP contribution in [0.25, 0.3) is 10.8 Å². The van der Waals surface area contributed by atoms with E-state index in [0.717, 1.165) is 28.4 Å². The second kappa shape index (κ2) is 10.3. The van der Waals surface area contributed by atoms with Crippen LogP contribution < -0.4 is 10.2 Å². The molecule has 0 aromatic heterocycles. The van der Waals surface area contributed by atoms with E-state index in [4.69, 9.17) is 11.6 Å². The van der Waals surface area contributed by atoms with Gasteiger partial charge in [0, 0.05) is 24.3 Å². The highest BCUT2D eigenvalue weighted by atomic mass is 35.5. The summed E-state index contributed by atoms with van der Waals surface area (Å²) in [6, 6.07) is 32.4. The smallest absolute Gasteiger partial charge is 0.224 e. The van der Waals surface area contributed by atoms with E-state index >= 15 is 0 Å². The quantitative estimate of drug-likeness (QED) is 0.368. The Balaban J connectivity index is 1.49. The molecule has 0 unspecified atom stereocenters. The van der Waals surface area contributed by atoms with Crippen molar-refractivity contribution in [1.82, 2.24) is 5.32 Å². The first kappa shape index (κ1) is 21.9. The minimum Gasteiger partial charge on any atom is -0.373 e. The maximum atomic E-state index is 13.1. The molecule has 1 N–H and O–H groups in total. The molecule has 4 rings (SSSR count). The zero-order valence-electron chi connectivity index (χ0n) is 18.2. The Kier molecular flexibility index (Phi) is 7.08. The number of amides is 1. The fourth-order valence-electron chi connectivity index (χ4n) is 4.09. The average Bonchev–Trinajstić information content (AvgIpc) is 2.80. The lowest BCUT2D eigenvalue weighted by Gasteiger charge is -2.27. The summed E-state index contributed by atoms with van der Waals surface area (Å²) in [4.78, 5) is 15.2. The summed E-state index contributed by atoms with van der Waals surface area (Å²) in [5, 5.41) is 6.28. The SMILES string of the molecule is CN(C[C@H](Cc1ccccc1)NC(=O)Cc1cccc2ccccc12)c1ccc(Cl)cc1. The zero-order chi connectivity index (χ0) is 22.3. The van der Waals surface area contributed by atoms with Gasteiger partial charge in [-0.05, 0) is 52.6 Å². The van der Waals surface area contributed by atoms with Crippen LogP contribution in [0.4, 0.5) is 5.69 Å². The zero-order valence-corrected chi connectivity index (χ0v) is 18.9. The van der Waals surface area contributed by atoms with Gasteiger partial charge in [-0.25, -0.2) is 0 Å². The van der Waals surface area contributed by atoms with Crippen molar-refractivity contribution < 1.29 is 4.79 Å². The van der Waals surface area contributed by atoms with Gasteiger partial charge in [0.25, 0.3) is 0 Å². The van der Waals surface area contributed by atoms with Crippen molar-refractivity contribution in [3.63, 3.8) is 0 Å². The van der Waals surface area contributed by atoms with Gasteiger partial charge >= 0.3 is 0 Å². The lowest BCUT2D eigenvalue weighted by atomic mass is 10.0. The van der Waals surface area contributed by atoms with Crippen LogP contribution in [0.1, 0.15) is 11.1 Å². The highest BCUT2D eigenvalue weighted by molar-refractivity contribution is 6.30. The Morgan fingerprint density at radius 2 is 1.56 bits per heavy atom. The van der Waals surface area contributed by atoms with Crippen molar-refractivity contribution in [2.75, 3.05) is 18.5 Å². The monoisotopic (exact) mass is 442 g/mol. The van der Waals surface area contributed by atoms with Gasteiger partial charge in [0.15, 0.2) is 0 Å². The van der Waals surface area contributed by atoms with Crippen molar-refractivity contribution in [3.8, 4) is 0 Å². The molecule has 4 aromatic rings. The van der Waals surface area contributed by atoms with Gasteiger partial charge in [0.05, 0.1) is 12.5 Å². The Morgan fingerprint density at radius 1 is 0.875 bits per heavy atom. The second-order valence-electron chi connectivity index (χ2n) is 8.13. The van der Waals surface area contributed by atoms with Crippen molar-refractivity contribution in [2.24, 2.45) is 0 Å². The molecule has 0 saturated carbocycles. The van der Waals surface area contributed by atoms with Crippen molar-refractivity contribution >= 4 is 34.0 Å². The third kappa shape index (κ3) is 5.68. The van der Waals surface area contributed by atoms with Gasteiger partial charge in [0.2, 0.25) is 5.91 Å². The Labute approximate surface area is 194 Å². The second-order valence-corrected chi connectivity index (χ2v) is 8.56. The van der Waals surface area contributed by atoms with Crippen LogP contribution in [-0.2, 0) is 17.6 Å². The molecule has 0 aliphatic rings. The summed E-state index contributed by atoms with van der Waals surface area (Å²) < 4.78 is 0. The third-order valence-corrected chi connectivity index (χ3v) is 5.93. The fraction of sp³-hybridized carbons (Fsp3) is 0.179. The summed E-state index contributed by atoms with van der Waals surface area (Å²) in [5.74, 6) is 0.0341. The molecule has 0 radical (unpaired) electrons. The van der Waals surface area contributed by atoms with Gasteiger partial charge in [-0.1, -0.05) is 84.4 Å². The number of hydrogen-bond acceptors (Lipinski definition) is 2. The fourth-order valence-corrected chi connectivity index (χ4v) is 4.22. The highest BCUT2D eigenvalue weighted by Crippen LogP contribution is 2.20. The molecule has 0 bridgehead atoms. The van der Waals surface area contributed by atoms with Gasteiger partial charge in [-0.3, -0.25) is 4.79 Å². The van der Waals surface area contributed by atoms with E-state index in [-0.39, 0.29) is 11.9 Å². The first-order chi connectivity index (χ1) is 15.6. The van der Waals surface area contributed by atoms with Crippen LogP contribution in [0.5, 0.6) is 0 Å². The molecule has 0 saturated heterocycles. The first-order valence-corrected chi connectivity index (χ1v) is 11.2. The lowest BCUT2D eigenvalue weighted by molar-refractivity contribution is -0.121. The summed E-state index contributed by atoms with van der Waals surface area (Å²) in [6.45, 7) is 0.692. The summed E-state index contributed by atoms with van der Waals surface area (Å²) in [5.41, 5.74) is 3.31. The maximum absolute atomic E-state index is 13.1. The van der Waals surface area contributed by atoms with Gasteiger partial charge in [-0.15, -0.1) is 0 Å². The van der Waals surface area contributed by atoms with Gasteiger partial charge < -0.3 is 10.2 Å². The molecule has 0 aliphatic heterocycles. The van der Waals surface area contributed by atoms with Crippen LogP contribution in [0.15, 0.2) is 97.1 Å². The number of benzene rings is 4. The largest absolute Gasteiger partial charge is 0.373 e. The number of carbonyl (C=O) groups excluding carboxylic acids is 1. The lowest BCUT2D eigenvalue weighted by Crippen LogP contribution is -2.44. The van der Waals surface area contributed by atoms with E-state index in [0.29, 0.717) is 18.0 Å². The van der Waals surface area contributed by atoms with Crippen LogP contribution in [0, 0.1) is 0 Å². The van der Waals surface area contributed by atoms with E-state index in [2.05, 4.69) is 40.5 Å². The normalized spacial score (nSPS) is 11.8. The van der Waals surface area contributed by atoms with Gasteiger partial charge in [-0.2, -0.15) is 0 Å². The molecule has 4 heteroatoms. The van der Waals surface area contributed by atoms with Crippen molar-refractivity contribution in [3.05, 3.63) is 113 Å². The van der Waals surface area contributed by atoms with E-state index in [9.17, 15) is 4.79 Å². The van der Waals surface area contributed by atoms with Crippen molar-refractivity contribution in [2.45, 2.75) is 18.9 Å². The highest BCUT2D eigenvalue weighted by Gasteiger charge is 2.17. The number of rotatable bonds is 8. The minimum atomic E-state index is -0.0273. The van der Waals surface area contributed by atoms with E-state index in [1.54, 1.807) is 0 Å². The van der Waals surface area contributed by atoms with Crippen molar-refractivity contribution in [1.29, 1.82) is 0 Å². The van der Waals surface area contributed by atoms with Crippen LogP contribution in [-0.4, -0.2) is 25.5 Å². The number of nitrogens with one attached hydrogen (secondary N) is 1. The van der Waals surface area contributed by atoms with Crippen LogP contribution >= 0.6 is 11.6 Å². The van der Waals surface area contributed by atoms with Gasteiger partial charge in [0.1, 0.15) is 0 Å². The molecule has 4 aromatic carbocycles. The van der Waals surface area contributed by atoms with E-state index < -0.39 is 0 Å². The van der Waals surface area contributed by atoms with Crippen LogP contribution in [0.2, 0.25) is 5.02 Å². The van der Waals surface area contributed by atoms with E-state index in [1.165, 1.54) is 5.56 Å². The first-order valence-electron chi connectivity index (χ1n) is 10.8. The minimum absolute atomic E-state index is 0.0273.